The molecule has 5 nitrogen and oxygen atoms in total. The van der Waals surface area contributed by atoms with Crippen molar-refractivity contribution < 1.29 is 21.9 Å². The van der Waals surface area contributed by atoms with Gasteiger partial charge in [-0.1, -0.05) is 29.0 Å². The van der Waals surface area contributed by atoms with E-state index in [0.717, 1.165) is 23.6 Å². The first kappa shape index (κ1) is 14.9. The zero-order valence-electron chi connectivity index (χ0n) is 9.59. The maximum atomic E-state index is 12.1. The van der Waals surface area contributed by atoms with Crippen LogP contribution < -0.4 is 9.46 Å². The van der Waals surface area contributed by atoms with Crippen molar-refractivity contribution in [3.63, 3.8) is 0 Å². The van der Waals surface area contributed by atoms with Gasteiger partial charge >= 0.3 is 6.61 Å². The first-order valence-corrected chi connectivity index (χ1v) is 7.73. The van der Waals surface area contributed by atoms with Crippen molar-refractivity contribution in [3.8, 4) is 5.75 Å². The number of benzene rings is 1. The van der Waals surface area contributed by atoms with Gasteiger partial charge in [0.1, 0.15) is 5.75 Å². The van der Waals surface area contributed by atoms with Gasteiger partial charge in [-0.15, -0.1) is 0 Å². The summed E-state index contributed by atoms with van der Waals surface area (Å²) >= 11 is 6.35. The summed E-state index contributed by atoms with van der Waals surface area (Å²) < 4.78 is 54.5. The summed E-state index contributed by atoms with van der Waals surface area (Å²) in [4.78, 5) is 3.62. The van der Waals surface area contributed by atoms with E-state index < -0.39 is 16.6 Å². The fraction of sp³-hybridized carbons (Fsp3) is 0.100. The summed E-state index contributed by atoms with van der Waals surface area (Å²) in [5.74, 6) is -0.150. The molecule has 0 saturated heterocycles. The van der Waals surface area contributed by atoms with E-state index in [1.165, 1.54) is 18.2 Å². The Hall–Kier alpha value is -1.45. The van der Waals surface area contributed by atoms with Gasteiger partial charge < -0.3 is 4.74 Å². The topological polar surface area (TPSA) is 68.3 Å². The number of anilines is 1. The summed E-state index contributed by atoms with van der Waals surface area (Å²) in [7, 11) is -3.86. The molecule has 0 aliphatic heterocycles. The molecule has 1 heterocycles. The van der Waals surface area contributed by atoms with Crippen LogP contribution in [0.25, 0.3) is 0 Å². The average Bonchev–Trinajstić information content (AvgIpc) is 2.75. The lowest BCUT2D eigenvalue weighted by molar-refractivity contribution is -0.0497. The monoisotopic (exact) mass is 340 g/mol. The molecule has 0 unspecified atom stereocenters. The predicted molar refractivity (Wildman–Crippen MR) is 71.0 cm³/mol. The summed E-state index contributed by atoms with van der Waals surface area (Å²) in [6.45, 7) is -2.98. The lowest BCUT2D eigenvalue weighted by Crippen LogP contribution is -2.11. The molecule has 0 bridgehead atoms. The van der Waals surface area contributed by atoms with Crippen LogP contribution in [-0.2, 0) is 10.0 Å². The highest BCUT2D eigenvalue weighted by Gasteiger charge is 2.18. The minimum atomic E-state index is -3.86. The average molecular weight is 341 g/mol. The Morgan fingerprint density at radius 1 is 1.40 bits per heavy atom. The molecule has 20 heavy (non-hydrogen) atoms. The second kappa shape index (κ2) is 5.90. The van der Waals surface area contributed by atoms with E-state index in [1.807, 2.05) is 0 Å². The van der Waals surface area contributed by atoms with Gasteiger partial charge in [0.15, 0.2) is 8.68 Å². The van der Waals surface area contributed by atoms with Gasteiger partial charge in [-0.25, -0.2) is 13.4 Å². The molecule has 0 aliphatic rings. The normalized spacial score (nSPS) is 11.6. The number of halogens is 3. The quantitative estimate of drug-likeness (QED) is 0.907. The molecule has 0 radical (unpaired) electrons. The van der Waals surface area contributed by atoms with Crippen molar-refractivity contribution in [1.82, 2.24) is 4.98 Å². The summed E-state index contributed by atoms with van der Waals surface area (Å²) in [6.07, 6.45) is 1.11. The maximum Gasteiger partial charge on any atom is 0.387 e. The molecule has 1 aromatic carbocycles. The van der Waals surface area contributed by atoms with E-state index in [2.05, 4.69) is 14.4 Å². The molecule has 0 atom stereocenters. The van der Waals surface area contributed by atoms with Crippen molar-refractivity contribution in [2.45, 2.75) is 10.8 Å². The number of rotatable bonds is 5. The Labute approximate surface area is 122 Å². The van der Waals surface area contributed by atoms with E-state index in [1.54, 1.807) is 0 Å². The number of hydrogen-bond acceptors (Lipinski definition) is 5. The van der Waals surface area contributed by atoms with Crippen molar-refractivity contribution in [3.05, 3.63) is 34.9 Å². The Bertz CT molecular complexity index is 706. The van der Waals surface area contributed by atoms with Crippen molar-refractivity contribution in [2.24, 2.45) is 0 Å². The third kappa shape index (κ3) is 3.78. The van der Waals surface area contributed by atoms with E-state index in [4.69, 9.17) is 11.6 Å². The van der Waals surface area contributed by atoms with Gasteiger partial charge in [0.2, 0.25) is 0 Å². The fourth-order valence-electron chi connectivity index (χ4n) is 1.30. The highest BCUT2D eigenvalue weighted by Crippen LogP contribution is 2.26. The third-order valence-corrected chi connectivity index (χ3v) is 4.99. The van der Waals surface area contributed by atoms with E-state index in [-0.39, 0.29) is 20.1 Å². The lowest BCUT2D eigenvalue weighted by Gasteiger charge is -2.08. The Balaban J connectivity index is 2.21. The van der Waals surface area contributed by atoms with Crippen LogP contribution in [0.1, 0.15) is 0 Å². The van der Waals surface area contributed by atoms with Crippen LogP contribution in [0.4, 0.5) is 14.5 Å². The number of sulfonamides is 1. The smallest absolute Gasteiger partial charge is 0.387 e. The molecule has 0 saturated carbocycles. The Kier molecular flexibility index (Phi) is 4.41. The SMILES string of the molecule is O=S(=O)(Nc1cccc(OC(F)F)c1)c1cnc(Cl)s1. The Morgan fingerprint density at radius 2 is 2.15 bits per heavy atom. The summed E-state index contributed by atoms with van der Waals surface area (Å²) in [5, 5.41) is 0. The van der Waals surface area contributed by atoms with Crippen LogP contribution in [0.2, 0.25) is 4.47 Å². The first-order chi connectivity index (χ1) is 9.37. The second-order valence-corrected chi connectivity index (χ2v) is 6.97. The van der Waals surface area contributed by atoms with Crippen LogP contribution >= 0.6 is 22.9 Å². The summed E-state index contributed by atoms with van der Waals surface area (Å²) in [5.41, 5.74) is 0.0904. The minimum absolute atomic E-state index is 0.0809. The van der Waals surface area contributed by atoms with E-state index in [9.17, 15) is 17.2 Å². The largest absolute Gasteiger partial charge is 0.435 e. The van der Waals surface area contributed by atoms with Gasteiger partial charge in [0.25, 0.3) is 10.0 Å². The lowest BCUT2D eigenvalue weighted by atomic mass is 10.3. The molecule has 108 valence electrons. The van der Waals surface area contributed by atoms with Crippen molar-refractivity contribution >= 4 is 38.6 Å². The van der Waals surface area contributed by atoms with Crippen LogP contribution in [-0.4, -0.2) is 20.0 Å². The highest BCUT2D eigenvalue weighted by atomic mass is 35.5. The van der Waals surface area contributed by atoms with E-state index >= 15 is 0 Å². The molecule has 0 amide bonds. The predicted octanol–water partition coefficient (Wildman–Crippen LogP) is 3.20. The third-order valence-electron chi connectivity index (χ3n) is 2.03. The summed E-state index contributed by atoms with van der Waals surface area (Å²) in [6, 6.07) is 5.22. The number of hydrogen-bond donors (Lipinski definition) is 1. The Morgan fingerprint density at radius 3 is 2.75 bits per heavy atom. The zero-order valence-corrected chi connectivity index (χ0v) is 12.0. The standard InChI is InChI=1S/C10H7ClF2N2O3S2/c11-9-14-5-8(19-9)20(16,17)15-6-2-1-3-7(4-6)18-10(12)13/h1-5,10,15H. The molecular formula is C10H7ClF2N2O3S2. The molecule has 2 rings (SSSR count). The maximum absolute atomic E-state index is 12.1. The second-order valence-electron chi connectivity index (χ2n) is 3.44. The van der Waals surface area contributed by atoms with Crippen molar-refractivity contribution in [2.75, 3.05) is 4.72 Å². The highest BCUT2D eigenvalue weighted by molar-refractivity contribution is 7.94. The molecule has 0 spiro atoms. The number of alkyl halides is 2. The molecule has 2 aromatic rings. The van der Waals surface area contributed by atoms with Gasteiger partial charge in [0, 0.05) is 6.07 Å². The molecule has 0 aliphatic carbocycles. The van der Waals surface area contributed by atoms with Gasteiger partial charge in [-0.05, 0) is 12.1 Å². The number of nitrogens with zero attached hydrogens (tertiary/aromatic N) is 1. The van der Waals surface area contributed by atoms with Crippen LogP contribution in [0, 0.1) is 0 Å². The molecular weight excluding hydrogens is 334 g/mol. The van der Waals surface area contributed by atoms with Crippen LogP contribution in [0.3, 0.4) is 0 Å². The molecule has 10 heteroatoms. The van der Waals surface area contributed by atoms with E-state index in [0.29, 0.717) is 0 Å². The van der Waals surface area contributed by atoms with Crippen molar-refractivity contribution in [1.29, 1.82) is 0 Å². The zero-order chi connectivity index (χ0) is 14.8. The molecule has 1 aromatic heterocycles. The molecule has 0 fully saturated rings. The fourth-order valence-corrected chi connectivity index (χ4v) is 3.65. The number of aromatic nitrogens is 1. The minimum Gasteiger partial charge on any atom is -0.435 e. The van der Waals surface area contributed by atoms with Crippen LogP contribution in [0.5, 0.6) is 5.75 Å². The van der Waals surface area contributed by atoms with Gasteiger partial charge in [-0.3, -0.25) is 4.72 Å². The van der Waals surface area contributed by atoms with Gasteiger partial charge in [0.05, 0.1) is 11.9 Å². The number of thiazole rings is 1. The van der Waals surface area contributed by atoms with Crippen LogP contribution in [0.15, 0.2) is 34.7 Å². The number of nitrogens with one attached hydrogen (secondary N) is 1. The van der Waals surface area contributed by atoms with Gasteiger partial charge in [-0.2, -0.15) is 8.78 Å². The number of ether oxygens (including phenoxy) is 1. The molecule has 1 N–H and O–H groups in total. The first-order valence-electron chi connectivity index (χ1n) is 5.06.